The monoisotopic (exact) mass is 219 g/mol. The Labute approximate surface area is 101 Å². The van der Waals surface area contributed by atoms with E-state index in [0.29, 0.717) is 0 Å². The molecule has 2 aromatic rings. The SMILES string of the molecule is C1=Cc2ccccc2NC1=Cc1ccccc1. The second-order valence-electron chi connectivity index (χ2n) is 4.06. The summed E-state index contributed by atoms with van der Waals surface area (Å²) in [6.45, 7) is 0. The number of benzene rings is 2. The number of hydrogen-bond donors (Lipinski definition) is 1. The van der Waals surface area contributed by atoms with E-state index in [1.165, 1.54) is 11.1 Å². The highest BCUT2D eigenvalue weighted by Gasteiger charge is 2.04. The quantitative estimate of drug-likeness (QED) is 0.759. The van der Waals surface area contributed by atoms with Crippen molar-refractivity contribution in [2.75, 3.05) is 5.32 Å². The van der Waals surface area contributed by atoms with E-state index in [2.05, 4.69) is 53.9 Å². The molecule has 0 radical (unpaired) electrons. The Balaban J connectivity index is 1.93. The van der Waals surface area contributed by atoms with Gasteiger partial charge in [0.05, 0.1) is 0 Å². The summed E-state index contributed by atoms with van der Waals surface area (Å²) in [5.74, 6) is 0. The van der Waals surface area contributed by atoms with Gasteiger partial charge in [-0.05, 0) is 29.3 Å². The van der Waals surface area contributed by atoms with Crippen LogP contribution in [0, 0.1) is 0 Å². The van der Waals surface area contributed by atoms with Crippen molar-refractivity contribution < 1.29 is 0 Å². The zero-order valence-corrected chi connectivity index (χ0v) is 9.43. The molecule has 0 fully saturated rings. The van der Waals surface area contributed by atoms with Crippen LogP contribution in [0.2, 0.25) is 0 Å². The molecule has 1 heteroatoms. The molecule has 0 saturated carbocycles. The molecule has 0 aliphatic carbocycles. The lowest BCUT2D eigenvalue weighted by molar-refractivity contribution is 1.45. The van der Waals surface area contributed by atoms with Crippen LogP contribution in [0.15, 0.2) is 66.4 Å². The second-order valence-corrected chi connectivity index (χ2v) is 4.06. The third-order valence-corrected chi connectivity index (χ3v) is 2.80. The third-order valence-electron chi connectivity index (χ3n) is 2.80. The van der Waals surface area contributed by atoms with Crippen molar-refractivity contribution in [3.8, 4) is 0 Å². The van der Waals surface area contributed by atoms with E-state index < -0.39 is 0 Å². The lowest BCUT2D eigenvalue weighted by atomic mass is 10.1. The van der Waals surface area contributed by atoms with Crippen LogP contribution in [-0.4, -0.2) is 0 Å². The minimum atomic E-state index is 1.12. The lowest BCUT2D eigenvalue weighted by Crippen LogP contribution is -2.02. The normalized spacial score (nSPS) is 15.4. The summed E-state index contributed by atoms with van der Waals surface area (Å²) in [5.41, 5.74) is 4.73. The summed E-state index contributed by atoms with van der Waals surface area (Å²) in [6.07, 6.45) is 6.39. The van der Waals surface area contributed by atoms with E-state index in [1.54, 1.807) is 0 Å². The molecule has 0 aromatic heterocycles. The van der Waals surface area contributed by atoms with E-state index in [1.807, 2.05) is 24.3 Å². The highest BCUT2D eigenvalue weighted by molar-refractivity contribution is 5.78. The largest absolute Gasteiger partial charge is 0.355 e. The van der Waals surface area contributed by atoms with Crippen molar-refractivity contribution in [2.24, 2.45) is 0 Å². The molecule has 0 bridgehead atoms. The Hall–Kier alpha value is -2.28. The van der Waals surface area contributed by atoms with Gasteiger partial charge in [0, 0.05) is 11.4 Å². The van der Waals surface area contributed by atoms with Gasteiger partial charge < -0.3 is 5.32 Å². The summed E-state index contributed by atoms with van der Waals surface area (Å²) < 4.78 is 0. The van der Waals surface area contributed by atoms with Gasteiger partial charge in [0.15, 0.2) is 0 Å². The molecule has 1 nitrogen and oxygen atoms in total. The number of fused-ring (bicyclic) bond motifs is 1. The molecule has 0 amide bonds. The van der Waals surface area contributed by atoms with Gasteiger partial charge in [0.1, 0.15) is 0 Å². The molecule has 3 rings (SSSR count). The lowest BCUT2D eigenvalue weighted by Gasteiger charge is -2.15. The van der Waals surface area contributed by atoms with Gasteiger partial charge in [0.2, 0.25) is 0 Å². The summed E-state index contributed by atoms with van der Waals surface area (Å²) in [6, 6.07) is 18.6. The molecule has 1 aliphatic rings. The van der Waals surface area contributed by atoms with Gasteiger partial charge >= 0.3 is 0 Å². The van der Waals surface area contributed by atoms with Crippen LogP contribution < -0.4 is 5.32 Å². The first-order valence-corrected chi connectivity index (χ1v) is 5.73. The van der Waals surface area contributed by atoms with Gasteiger partial charge in [0.25, 0.3) is 0 Å². The van der Waals surface area contributed by atoms with Crippen LogP contribution in [0.1, 0.15) is 11.1 Å². The molecule has 1 heterocycles. The highest BCUT2D eigenvalue weighted by Crippen LogP contribution is 2.24. The number of hydrogen-bond acceptors (Lipinski definition) is 1. The number of allylic oxidation sites excluding steroid dienone is 1. The van der Waals surface area contributed by atoms with E-state index in [0.717, 1.165) is 11.4 Å². The Morgan fingerprint density at radius 1 is 0.765 bits per heavy atom. The standard InChI is InChI=1S/C16H13N/c1-2-6-13(7-3-1)12-15-11-10-14-8-4-5-9-16(14)17-15/h1-12,17H. The van der Waals surface area contributed by atoms with Gasteiger partial charge in [-0.2, -0.15) is 0 Å². The molecule has 0 saturated heterocycles. The van der Waals surface area contributed by atoms with Crippen molar-refractivity contribution in [3.05, 3.63) is 77.5 Å². The number of anilines is 1. The molecule has 2 aromatic carbocycles. The Kier molecular flexibility index (Phi) is 2.51. The van der Waals surface area contributed by atoms with Crippen molar-refractivity contribution in [1.82, 2.24) is 0 Å². The highest BCUT2D eigenvalue weighted by atomic mass is 14.9. The van der Waals surface area contributed by atoms with Crippen LogP contribution in [0.4, 0.5) is 5.69 Å². The molecular weight excluding hydrogens is 206 g/mol. The molecule has 1 aliphatic heterocycles. The minimum Gasteiger partial charge on any atom is -0.355 e. The van der Waals surface area contributed by atoms with Gasteiger partial charge in [-0.15, -0.1) is 0 Å². The van der Waals surface area contributed by atoms with Crippen LogP contribution in [0.5, 0.6) is 0 Å². The van der Waals surface area contributed by atoms with Crippen LogP contribution in [0.25, 0.3) is 12.2 Å². The van der Waals surface area contributed by atoms with Crippen molar-refractivity contribution >= 4 is 17.8 Å². The number of para-hydroxylation sites is 1. The minimum absolute atomic E-state index is 1.12. The first kappa shape index (κ1) is 9.91. The number of nitrogens with one attached hydrogen (secondary N) is 1. The fourth-order valence-electron chi connectivity index (χ4n) is 1.95. The molecular formula is C16H13N. The van der Waals surface area contributed by atoms with E-state index in [9.17, 15) is 0 Å². The maximum atomic E-state index is 3.42. The summed E-state index contributed by atoms with van der Waals surface area (Å²) in [5, 5.41) is 3.42. The maximum absolute atomic E-state index is 3.42. The second kappa shape index (κ2) is 4.30. The Morgan fingerprint density at radius 3 is 2.41 bits per heavy atom. The van der Waals surface area contributed by atoms with Gasteiger partial charge in [-0.3, -0.25) is 0 Å². The average molecular weight is 219 g/mol. The smallest absolute Gasteiger partial charge is 0.0457 e. The molecule has 0 unspecified atom stereocenters. The van der Waals surface area contributed by atoms with E-state index in [4.69, 9.17) is 0 Å². The first-order chi connectivity index (χ1) is 8.42. The van der Waals surface area contributed by atoms with Gasteiger partial charge in [-0.1, -0.05) is 54.6 Å². The zero-order valence-electron chi connectivity index (χ0n) is 9.43. The number of rotatable bonds is 1. The zero-order chi connectivity index (χ0) is 11.5. The first-order valence-electron chi connectivity index (χ1n) is 5.73. The molecule has 0 spiro atoms. The summed E-state index contributed by atoms with van der Waals surface area (Å²) >= 11 is 0. The Bertz CT molecular complexity index is 579. The van der Waals surface area contributed by atoms with E-state index in [-0.39, 0.29) is 0 Å². The van der Waals surface area contributed by atoms with Crippen LogP contribution >= 0.6 is 0 Å². The van der Waals surface area contributed by atoms with Crippen LogP contribution in [0.3, 0.4) is 0 Å². The topological polar surface area (TPSA) is 12.0 Å². The fourth-order valence-corrected chi connectivity index (χ4v) is 1.95. The predicted octanol–water partition coefficient (Wildman–Crippen LogP) is 4.17. The molecule has 82 valence electrons. The van der Waals surface area contributed by atoms with Crippen LogP contribution in [-0.2, 0) is 0 Å². The predicted molar refractivity (Wildman–Crippen MR) is 73.5 cm³/mol. The molecule has 17 heavy (non-hydrogen) atoms. The van der Waals surface area contributed by atoms with Crippen molar-refractivity contribution in [3.63, 3.8) is 0 Å². The molecule has 1 N–H and O–H groups in total. The van der Waals surface area contributed by atoms with Gasteiger partial charge in [-0.25, -0.2) is 0 Å². The third kappa shape index (κ3) is 2.13. The summed E-state index contributed by atoms with van der Waals surface area (Å²) in [7, 11) is 0. The molecule has 0 atom stereocenters. The van der Waals surface area contributed by atoms with Crippen molar-refractivity contribution in [1.29, 1.82) is 0 Å². The van der Waals surface area contributed by atoms with Crippen molar-refractivity contribution in [2.45, 2.75) is 0 Å². The maximum Gasteiger partial charge on any atom is 0.0457 e. The fraction of sp³-hybridized carbons (Fsp3) is 0. The average Bonchev–Trinajstić information content (AvgIpc) is 2.40. The Morgan fingerprint density at radius 2 is 1.53 bits per heavy atom. The summed E-state index contributed by atoms with van der Waals surface area (Å²) in [4.78, 5) is 0. The van der Waals surface area contributed by atoms with E-state index >= 15 is 0 Å².